The van der Waals surface area contributed by atoms with Gasteiger partial charge in [-0.1, -0.05) is 0 Å². The van der Waals surface area contributed by atoms with Gasteiger partial charge < -0.3 is 23.7 Å². The van der Waals surface area contributed by atoms with Crippen LogP contribution in [0.2, 0.25) is 0 Å². The molecule has 3 rings (SSSR count). The van der Waals surface area contributed by atoms with Crippen LogP contribution in [0, 0.1) is 10.1 Å². The fourth-order valence-electron chi connectivity index (χ4n) is 2.99. The number of hydrogen-bond acceptors (Lipinski definition) is 8. The first kappa shape index (κ1) is 21.8. The van der Waals surface area contributed by atoms with Gasteiger partial charge in [-0.25, -0.2) is 9.59 Å². The first-order valence-corrected chi connectivity index (χ1v) is 9.60. The number of nitrogens with zero attached hydrogens (tertiary/aromatic N) is 3. The van der Waals surface area contributed by atoms with Crippen molar-refractivity contribution in [3.63, 3.8) is 0 Å². The highest BCUT2D eigenvalue weighted by atomic mass is 16.6. The molecule has 2 aromatic rings. The minimum Gasteiger partial charge on any atom is -0.450 e. The lowest BCUT2D eigenvalue weighted by Crippen LogP contribution is -2.51. The van der Waals surface area contributed by atoms with Crippen LogP contribution in [0.3, 0.4) is 0 Å². The third-order valence-corrected chi connectivity index (χ3v) is 4.65. The Kier molecular flexibility index (Phi) is 6.85. The highest BCUT2D eigenvalue weighted by Crippen LogP contribution is 2.24. The summed E-state index contributed by atoms with van der Waals surface area (Å²) in [6.45, 7) is 2.88. The van der Waals surface area contributed by atoms with E-state index in [1.807, 2.05) is 0 Å². The van der Waals surface area contributed by atoms with Gasteiger partial charge in [-0.2, -0.15) is 0 Å². The molecule has 2 heterocycles. The van der Waals surface area contributed by atoms with Crippen LogP contribution in [0.4, 0.5) is 10.5 Å². The smallest absolute Gasteiger partial charge is 0.409 e. The summed E-state index contributed by atoms with van der Waals surface area (Å²) in [6.07, 6.45) is -0.414. The van der Waals surface area contributed by atoms with Crippen LogP contribution in [-0.4, -0.2) is 72.1 Å². The molecule has 1 aromatic carbocycles. The monoisotopic (exact) mass is 431 g/mol. The number of nitro groups is 1. The number of carbonyl (C=O) groups is 3. The van der Waals surface area contributed by atoms with Crippen molar-refractivity contribution < 1.29 is 33.2 Å². The van der Waals surface area contributed by atoms with E-state index in [4.69, 9.17) is 13.9 Å². The summed E-state index contributed by atoms with van der Waals surface area (Å²) in [7, 11) is 0. The van der Waals surface area contributed by atoms with Gasteiger partial charge in [0.2, 0.25) is 5.76 Å². The number of benzene rings is 1. The Morgan fingerprint density at radius 3 is 2.26 bits per heavy atom. The summed E-state index contributed by atoms with van der Waals surface area (Å²) in [4.78, 5) is 49.4. The van der Waals surface area contributed by atoms with Crippen molar-refractivity contribution in [2.75, 3.05) is 39.4 Å². The number of non-ortho nitro benzene ring substituents is 1. The molecule has 0 atom stereocenters. The lowest BCUT2D eigenvalue weighted by molar-refractivity contribution is -0.384. The summed E-state index contributed by atoms with van der Waals surface area (Å²) in [5.41, 5.74) is 0.497. The van der Waals surface area contributed by atoms with Gasteiger partial charge in [0.15, 0.2) is 6.61 Å². The van der Waals surface area contributed by atoms with E-state index < -0.39 is 23.6 Å². The Morgan fingerprint density at radius 1 is 1.00 bits per heavy atom. The zero-order valence-electron chi connectivity index (χ0n) is 16.8. The van der Waals surface area contributed by atoms with Crippen LogP contribution in [0.25, 0.3) is 11.3 Å². The molecule has 1 aliphatic heterocycles. The van der Waals surface area contributed by atoms with Crippen LogP contribution < -0.4 is 0 Å². The number of esters is 1. The van der Waals surface area contributed by atoms with Crippen molar-refractivity contribution in [3.05, 3.63) is 52.3 Å². The van der Waals surface area contributed by atoms with Crippen LogP contribution >= 0.6 is 0 Å². The Morgan fingerprint density at radius 2 is 1.65 bits per heavy atom. The molecule has 31 heavy (non-hydrogen) atoms. The van der Waals surface area contributed by atoms with Crippen LogP contribution in [0.15, 0.2) is 40.8 Å². The maximum atomic E-state index is 12.3. The van der Waals surface area contributed by atoms with Crippen molar-refractivity contribution in [2.24, 2.45) is 0 Å². The molecule has 0 spiro atoms. The molecule has 1 saturated heterocycles. The number of nitro benzene ring substituents is 1. The van der Waals surface area contributed by atoms with Gasteiger partial charge >= 0.3 is 12.1 Å². The zero-order chi connectivity index (χ0) is 22.4. The van der Waals surface area contributed by atoms with Crippen molar-refractivity contribution in [1.82, 2.24) is 9.80 Å². The van der Waals surface area contributed by atoms with E-state index in [9.17, 15) is 24.5 Å². The predicted octanol–water partition coefficient (Wildman–Crippen LogP) is 2.31. The fourth-order valence-corrected chi connectivity index (χ4v) is 2.99. The molecule has 0 radical (unpaired) electrons. The highest BCUT2D eigenvalue weighted by Gasteiger charge is 2.26. The molecule has 1 fully saturated rings. The summed E-state index contributed by atoms with van der Waals surface area (Å²) in [6, 6.07) is 8.61. The van der Waals surface area contributed by atoms with Crippen molar-refractivity contribution in [1.29, 1.82) is 0 Å². The maximum Gasteiger partial charge on any atom is 0.409 e. The quantitative estimate of drug-likeness (QED) is 0.387. The van der Waals surface area contributed by atoms with Gasteiger partial charge in [0, 0.05) is 43.9 Å². The first-order valence-electron chi connectivity index (χ1n) is 9.60. The van der Waals surface area contributed by atoms with Crippen molar-refractivity contribution >= 4 is 23.7 Å². The third kappa shape index (κ3) is 5.38. The number of carbonyl (C=O) groups excluding carboxylic acids is 3. The first-order chi connectivity index (χ1) is 14.9. The van der Waals surface area contributed by atoms with E-state index in [1.165, 1.54) is 46.2 Å². The Hall–Kier alpha value is -3.89. The van der Waals surface area contributed by atoms with Gasteiger partial charge in [-0.05, 0) is 31.2 Å². The molecule has 0 unspecified atom stereocenters. The molecule has 0 saturated carbocycles. The largest absolute Gasteiger partial charge is 0.450 e. The second-order valence-corrected chi connectivity index (χ2v) is 6.61. The lowest BCUT2D eigenvalue weighted by Gasteiger charge is -2.33. The molecule has 164 valence electrons. The number of piperazine rings is 1. The van der Waals surface area contributed by atoms with Crippen molar-refractivity contribution in [2.45, 2.75) is 6.92 Å². The standard InChI is InChI=1S/C20H21N3O8/c1-2-29-20(26)22-11-9-21(10-12-22)18(24)13-30-19(25)17-8-7-16(31-17)14-3-5-15(6-4-14)23(27)28/h3-8H,2,9-13H2,1H3. The Labute approximate surface area is 177 Å². The second-order valence-electron chi connectivity index (χ2n) is 6.61. The summed E-state index contributed by atoms with van der Waals surface area (Å²) in [5, 5.41) is 10.7. The van der Waals surface area contributed by atoms with E-state index in [1.54, 1.807) is 6.92 Å². The SMILES string of the molecule is CCOC(=O)N1CCN(C(=O)COC(=O)c2ccc(-c3ccc([N+](=O)[O-])cc3)o2)CC1. The fraction of sp³-hybridized carbons (Fsp3) is 0.350. The average Bonchev–Trinajstić information content (AvgIpc) is 3.28. The van der Waals surface area contributed by atoms with Gasteiger partial charge in [0.05, 0.1) is 11.5 Å². The Balaban J connectivity index is 1.49. The summed E-state index contributed by atoms with van der Waals surface area (Å²) < 4.78 is 15.4. The summed E-state index contributed by atoms with van der Waals surface area (Å²) in [5.74, 6) is -0.928. The molecule has 11 nitrogen and oxygen atoms in total. The van der Waals surface area contributed by atoms with Gasteiger partial charge in [-0.15, -0.1) is 0 Å². The van der Waals surface area contributed by atoms with E-state index in [2.05, 4.69) is 0 Å². The van der Waals surface area contributed by atoms with Crippen LogP contribution in [-0.2, 0) is 14.3 Å². The molecule has 0 aliphatic carbocycles. The number of furan rings is 1. The molecular formula is C20H21N3O8. The molecule has 11 heteroatoms. The van der Waals surface area contributed by atoms with Gasteiger partial charge in [-0.3, -0.25) is 14.9 Å². The van der Waals surface area contributed by atoms with E-state index in [0.717, 1.165) is 0 Å². The normalized spacial score (nSPS) is 13.6. The average molecular weight is 431 g/mol. The third-order valence-electron chi connectivity index (χ3n) is 4.65. The molecule has 0 N–H and O–H groups in total. The maximum absolute atomic E-state index is 12.3. The minimum absolute atomic E-state index is 0.0588. The van der Waals surface area contributed by atoms with Gasteiger partial charge in [0.25, 0.3) is 11.6 Å². The van der Waals surface area contributed by atoms with Gasteiger partial charge in [0.1, 0.15) is 5.76 Å². The predicted molar refractivity (Wildman–Crippen MR) is 106 cm³/mol. The van der Waals surface area contributed by atoms with Crippen molar-refractivity contribution in [3.8, 4) is 11.3 Å². The van der Waals surface area contributed by atoms with Crippen LogP contribution in [0.5, 0.6) is 0 Å². The molecule has 2 amide bonds. The molecule has 1 aromatic heterocycles. The zero-order valence-corrected chi connectivity index (χ0v) is 16.8. The number of ether oxygens (including phenoxy) is 2. The molecular weight excluding hydrogens is 410 g/mol. The van der Waals surface area contributed by atoms with E-state index in [-0.39, 0.29) is 24.0 Å². The topological polar surface area (TPSA) is 132 Å². The van der Waals surface area contributed by atoms with Crippen LogP contribution in [0.1, 0.15) is 17.5 Å². The molecule has 0 bridgehead atoms. The number of amides is 2. The molecule has 1 aliphatic rings. The summed E-state index contributed by atoms with van der Waals surface area (Å²) >= 11 is 0. The second kappa shape index (κ2) is 9.74. The Bertz CT molecular complexity index is 961. The van der Waals surface area contributed by atoms with E-state index >= 15 is 0 Å². The minimum atomic E-state index is -0.799. The lowest BCUT2D eigenvalue weighted by atomic mass is 10.1. The number of hydrogen-bond donors (Lipinski definition) is 0. The highest BCUT2D eigenvalue weighted by molar-refractivity contribution is 5.89. The number of rotatable bonds is 6. The van der Waals surface area contributed by atoms with E-state index in [0.29, 0.717) is 37.5 Å².